The van der Waals surface area contributed by atoms with Gasteiger partial charge in [-0.2, -0.15) is 0 Å². The number of nitrogens with zero attached hydrogens (tertiary/aromatic N) is 1. The fourth-order valence-corrected chi connectivity index (χ4v) is 4.99. The van der Waals surface area contributed by atoms with Gasteiger partial charge in [-0.3, -0.25) is 9.69 Å². The van der Waals surface area contributed by atoms with Crippen LogP contribution in [0.5, 0.6) is 0 Å². The quantitative estimate of drug-likeness (QED) is 0.624. The number of likely N-dealkylation sites (tertiary alicyclic amines) is 1. The van der Waals surface area contributed by atoms with Crippen LogP contribution in [0.15, 0.2) is 60.8 Å². The lowest BCUT2D eigenvalue weighted by molar-refractivity contribution is -0.0396. The third kappa shape index (κ3) is 5.22. The number of carbonyl (C=O) groups excluding carboxylic acids is 1. The molecule has 1 amide bonds. The number of hydrogen-bond acceptors (Lipinski definition) is 4. The normalized spacial score (nSPS) is 23.9. The van der Waals surface area contributed by atoms with Gasteiger partial charge in [0.25, 0.3) is 5.91 Å². The monoisotopic (exact) mass is 433 g/mol. The molecule has 0 aromatic heterocycles. The summed E-state index contributed by atoms with van der Waals surface area (Å²) in [7, 11) is 0. The molecular formula is C27H35N3O2. The van der Waals surface area contributed by atoms with Gasteiger partial charge in [-0.25, -0.2) is 0 Å². The zero-order chi connectivity index (χ0) is 22.7. The van der Waals surface area contributed by atoms with E-state index in [-0.39, 0.29) is 5.91 Å². The maximum atomic E-state index is 12.3. The average molecular weight is 434 g/mol. The third-order valence-electron chi connectivity index (χ3n) is 6.91. The Morgan fingerprint density at radius 2 is 1.75 bits per heavy atom. The Morgan fingerprint density at radius 1 is 1.09 bits per heavy atom. The summed E-state index contributed by atoms with van der Waals surface area (Å²) in [5.41, 5.74) is 4.16. The van der Waals surface area contributed by atoms with Crippen molar-refractivity contribution in [3.8, 4) is 0 Å². The molecule has 170 valence electrons. The third-order valence-corrected chi connectivity index (χ3v) is 6.91. The van der Waals surface area contributed by atoms with E-state index in [4.69, 9.17) is 0 Å². The van der Waals surface area contributed by atoms with E-state index in [9.17, 15) is 9.90 Å². The van der Waals surface area contributed by atoms with Gasteiger partial charge in [0.15, 0.2) is 0 Å². The lowest BCUT2D eigenvalue weighted by atomic mass is 9.76. The molecule has 5 heteroatoms. The minimum absolute atomic E-state index is 0.0739. The molecule has 0 unspecified atom stereocenters. The molecular weight excluding hydrogens is 398 g/mol. The first-order valence-corrected chi connectivity index (χ1v) is 11.7. The molecule has 2 aromatic rings. The molecule has 3 N–H and O–H groups in total. The van der Waals surface area contributed by atoms with Gasteiger partial charge >= 0.3 is 0 Å². The summed E-state index contributed by atoms with van der Waals surface area (Å²) in [5, 5.41) is 17.5. The second kappa shape index (κ2) is 9.47. The fraction of sp³-hybridized carbons (Fsp3) is 0.444. The Bertz CT molecular complexity index is 972. The summed E-state index contributed by atoms with van der Waals surface area (Å²) in [5.74, 6) is -0.0739. The van der Waals surface area contributed by atoms with Crippen molar-refractivity contribution in [1.82, 2.24) is 15.5 Å². The Hall–Kier alpha value is -2.63. The smallest absolute Gasteiger partial charge is 0.251 e. The van der Waals surface area contributed by atoms with Crippen LogP contribution in [-0.2, 0) is 5.60 Å². The van der Waals surface area contributed by atoms with Crippen LogP contribution in [0.2, 0.25) is 0 Å². The summed E-state index contributed by atoms with van der Waals surface area (Å²) in [4.78, 5) is 14.8. The van der Waals surface area contributed by atoms with E-state index >= 15 is 0 Å². The molecule has 1 saturated heterocycles. The van der Waals surface area contributed by atoms with Crippen LogP contribution < -0.4 is 10.6 Å². The van der Waals surface area contributed by atoms with Crippen molar-refractivity contribution in [3.63, 3.8) is 0 Å². The molecule has 2 aliphatic rings. The lowest BCUT2D eigenvalue weighted by Crippen LogP contribution is -2.62. The van der Waals surface area contributed by atoms with E-state index in [1.807, 2.05) is 37.3 Å². The van der Waals surface area contributed by atoms with Crippen LogP contribution in [0, 0.1) is 13.8 Å². The lowest BCUT2D eigenvalue weighted by Gasteiger charge is -2.48. The van der Waals surface area contributed by atoms with E-state index < -0.39 is 5.60 Å². The summed E-state index contributed by atoms with van der Waals surface area (Å²) in [6.45, 7) is 10.5. The summed E-state index contributed by atoms with van der Waals surface area (Å²) < 4.78 is 0. The van der Waals surface area contributed by atoms with Crippen molar-refractivity contribution in [1.29, 1.82) is 0 Å². The minimum atomic E-state index is -0.686. The van der Waals surface area contributed by atoms with Crippen LogP contribution in [0.4, 0.5) is 0 Å². The van der Waals surface area contributed by atoms with Gasteiger partial charge in [0.1, 0.15) is 0 Å². The van der Waals surface area contributed by atoms with Gasteiger partial charge in [0.05, 0.1) is 18.2 Å². The van der Waals surface area contributed by atoms with E-state index in [1.54, 1.807) is 0 Å². The molecule has 2 fully saturated rings. The van der Waals surface area contributed by atoms with Gasteiger partial charge in [-0.05, 0) is 57.2 Å². The highest BCUT2D eigenvalue weighted by atomic mass is 16.3. The zero-order valence-corrected chi connectivity index (χ0v) is 19.2. The summed E-state index contributed by atoms with van der Waals surface area (Å²) in [6, 6.07) is 16.8. The van der Waals surface area contributed by atoms with Crippen LogP contribution in [0.3, 0.4) is 0 Å². The standard InChI is InChI=1S/C27H35N3O2/c1-19-6-4-8-22(14-19)26(31)28-16-21(3)29-24-17-30(18-24)25-10-12-27(32,13-11-25)23-9-5-7-20(2)15-23/h4-9,14-15,24-25,29,32H,3,10-13,16-18H2,1-2H3,(H,28,31)/t25-,27-. The summed E-state index contributed by atoms with van der Waals surface area (Å²) >= 11 is 0. The molecule has 1 saturated carbocycles. The van der Waals surface area contributed by atoms with Crippen molar-refractivity contribution in [2.24, 2.45) is 0 Å². The molecule has 0 atom stereocenters. The molecule has 1 aliphatic carbocycles. The average Bonchev–Trinajstić information content (AvgIpc) is 2.75. The van der Waals surface area contributed by atoms with Crippen LogP contribution in [0.25, 0.3) is 0 Å². The molecule has 1 heterocycles. The Kier molecular flexibility index (Phi) is 6.68. The van der Waals surface area contributed by atoms with Gasteiger partial charge in [-0.1, -0.05) is 54.1 Å². The first kappa shape index (κ1) is 22.6. The van der Waals surface area contributed by atoms with E-state index in [1.165, 1.54) is 5.56 Å². The Balaban J connectivity index is 1.17. The fourth-order valence-electron chi connectivity index (χ4n) is 4.99. The second-order valence-electron chi connectivity index (χ2n) is 9.58. The van der Waals surface area contributed by atoms with E-state index in [0.29, 0.717) is 24.2 Å². The molecule has 32 heavy (non-hydrogen) atoms. The van der Waals surface area contributed by atoms with E-state index in [0.717, 1.165) is 55.6 Å². The molecule has 0 spiro atoms. The van der Waals surface area contributed by atoms with Crippen molar-refractivity contribution in [3.05, 3.63) is 83.1 Å². The molecule has 5 nitrogen and oxygen atoms in total. The number of amides is 1. The number of aryl methyl sites for hydroxylation is 2. The second-order valence-corrected chi connectivity index (χ2v) is 9.58. The Morgan fingerprint density at radius 3 is 2.41 bits per heavy atom. The molecule has 2 aromatic carbocycles. The van der Waals surface area contributed by atoms with Crippen LogP contribution >= 0.6 is 0 Å². The first-order chi connectivity index (χ1) is 15.3. The maximum absolute atomic E-state index is 12.3. The van der Waals surface area contributed by atoms with Crippen molar-refractivity contribution < 1.29 is 9.90 Å². The number of benzene rings is 2. The predicted molar refractivity (Wildman–Crippen MR) is 128 cm³/mol. The molecule has 1 aliphatic heterocycles. The van der Waals surface area contributed by atoms with Gasteiger partial charge in [-0.15, -0.1) is 0 Å². The number of rotatable bonds is 7. The van der Waals surface area contributed by atoms with Crippen molar-refractivity contribution in [2.75, 3.05) is 19.6 Å². The number of nitrogens with one attached hydrogen (secondary N) is 2. The summed E-state index contributed by atoms with van der Waals surface area (Å²) in [6.07, 6.45) is 3.66. The largest absolute Gasteiger partial charge is 0.385 e. The first-order valence-electron chi connectivity index (χ1n) is 11.7. The highest BCUT2D eigenvalue weighted by molar-refractivity contribution is 5.94. The molecule has 4 rings (SSSR count). The highest BCUT2D eigenvalue weighted by Crippen LogP contribution is 2.39. The number of aliphatic hydroxyl groups is 1. The van der Waals surface area contributed by atoms with Gasteiger partial charge < -0.3 is 15.7 Å². The van der Waals surface area contributed by atoms with Crippen LogP contribution in [0.1, 0.15) is 52.7 Å². The van der Waals surface area contributed by atoms with Crippen molar-refractivity contribution in [2.45, 2.75) is 57.2 Å². The Labute approximate surface area is 191 Å². The SMILES string of the molecule is C=C(CNC(=O)c1cccc(C)c1)NC1CN([C@H]2CC[C@@](O)(c3cccc(C)c3)CC2)C1. The van der Waals surface area contributed by atoms with Crippen LogP contribution in [-0.4, -0.2) is 47.6 Å². The predicted octanol–water partition coefficient (Wildman–Crippen LogP) is 3.65. The zero-order valence-electron chi connectivity index (χ0n) is 19.2. The highest BCUT2D eigenvalue weighted by Gasteiger charge is 2.40. The van der Waals surface area contributed by atoms with Crippen molar-refractivity contribution >= 4 is 5.91 Å². The number of carbonyl (C=O) groups is 1. The van der Waals surface area contributed by atoms with Gasteiger partial charge in [0, 0.05) is 30.4 Å². The minimum Gasteiger partial charge on any atom is -0.385 e. The molecule has 0 bridgehead atoms. The number of hydrogen-bond donors (Lipinski definition) is 3. The molecule has 0 radical (unpaired) electrons. The maximum Gasteiger partial charge on any atom is 0.251 e. The van der Waals surface area contributed by atoms with Gasteiger partial charge in [0.2, 0.25) is 0 Å². The topological polar surface area (TPSA) is 64.6 Å². The van der Waals surface area contributed by atoms with E-state index in [2.05, 4.69) is 47.2 Å².